The Morgan fingerprint density at radius 3 is 2.78 bits per heavy atom. The summed E-state index contributed by atoms with van der Waals surface area (Å²) in [6.07, 6.45) is 8.33. The second-order valence-electron chi connectivity index (χ2n) is 6.49. The number of nitrogens with one attached hydrogen (secondary N) is 1. The fraction of sp³-hybridized carbons (Fsp3) is 1.00. The van der Waals surface area contributed by atoms with Gasteiger partial charge in [-0.1, -0.05) is 20.3 Å². The normalized spacial score (nSPS) is 25.0. The second-order valence-corrected chi connectivity index (χ2v) is 8.29. The standard InChI is InChI=1S/C15H30N2S/c1-15(2)8-11-17(12-13-18-15)10-5-3-4-9-16-14-6-7-14/h14,16H,3-13H2,1-2H3. The van der Waals surface area contributed by atoms with Crippen molar-refractivity contribution in [3.05, 3.63) is 0 Å². The van der Waals surface area contributed by atoms with E-state index in [1.807, 2.05) is 0 Å². The van der Waals surface area contributed by atoms with Crippen molar-refractivity contribution in [2.24, 2.45) is 0 Å². The molecule has 1 saturated heterocycles. The number of thioether (sulfide) groups is 1. The molecule has 0 aromatic carbocycles. The summed E-state index contributed by atoms with van der Waals surface area (Å²) in [5.41, 5.74) is 0. The average molecular weight is 270 g/mol. The molecule has 18 heavy (non-hydrogen) atoms. The number of rotatable bonds is 7. The Morgan fingerprint density at radius 1 is 1.17 bits per heavy atom. The minimum atomic E-state index is 0.503. The van der Waals surface area contributed by atoms with E-state index < -0.39 is 0 Å². The molecular formula is C15H30N2S. The maximum Gasteiger partial charge on any atom is 0.0116 e. The topological polar surface area (TPSA) is 15.3 Å². The quantitative estimate of drug-likeness (QED) is 0.716. The van der Waals surface area contributed by atoms with Crippen LogP contribution in [0.15, 0.2) is 0 Å². The van der Waals surface area contributed by atoms with E-state index in [0.29, 0.717) is 4.75 Å². The first-order valence-corrected chi connectivity index (χ1v) is 8.74. The third-order valence-corrected chi connectivity index (χ3v) is 5.46. The average Bonchev–Trinajstić information content (AvgIpc) is 3.13. The molecule has 0 aromatic heterocycles. The molecule has 2 aliphatic rings. The highest BCUT2D eigenvalue weighted by Gasteiger charge is 2.23. The predicted molar refractivity (Wildman–Crippen MR) is 82.5 cm³/mol. The van der Waals surface area contributed by atoms with Crippen LogP contribution in [0.5, 0.6) is 0 Å². The van der Waals surface area contributed by atoms with Gasteiger partial charge in [-0.05, 0) is 51.7 Å². The fourth-order valence-corrected chi connectivity index (χ4v) is 3.65. The highest BCUT2D eigenvalue weighted by molar-refractivity contribution is 8.00. The molecule has 0 aromatic rings. The molecule has 2 rings (SSSR count). The predicted octanol–water partition coefficient (Wildman–Crippen LogP) is 3.13. The third kappa shape index (κ3) is 5.94. The molecule has 0 amide bonds. The van der Waals surface area contributed by atoms with Crippen molar-refractivity contribution in [2.45, 2.75) is 63.2 Å². The highest BCUT2D eigenvalue weighted by atomic mass is 32.2. The molecule has 1 aliphatic carbocycles. The lowest BCUT2D eigenvalue weighted by molar-refractivity contribution is 0.277. The molecule has 1 N–H and O–H groups in total. The van der Waals surface area contributed by atoms with E-state index >= 15 is 0 Å². The first-order valence-electron chi connectivity index (χ1n) is 7.75. The lowest BCUT2D eigenvalue weighted by Gasteiger charge is -2.22. The van der Waals surface area contributed by atoms with Crippen LogP contribution in [-0.2, 0) is 0 Å². The molecule has 3 heteroatoms. The van der Waals surface area contributed by atoms with Crippen LogP contribution in [0.2, 0.25) is 0 Å². The SMILES string of the molecule is CC1(C)CCN(CCCCCNC2CC2)CCS1. The van der Waals surface area contributed by atoms with E-state index in [-0.39, 0.29) is 0 Å². The van der Waals surface area contributed by atoms with Gasteiger partial charge in [0.2, 0.25) is 0 Å². The van der Waals surface area contributed by atoms with Gasteiger partial charge in [0, 0.05) is 23.1 Å². The van der Waals surface area contributed by atoms with E-state index in [1.165, 1.54) is 70.5 Å². The zero-order valence-corrected chi connectivity index (χ0v) is 13.0. The Labute approximate surface area is 117 Å². The van der Waals surface area contributed by atoms with Gasteiger partial charge in [-0.3, -0.25) is 0 Å². The Morgan fingerprint density at radius 2 is 2.00 bits per heavy atom. The van der Waals surface area contributed by atoms with Gasteiger partial charge in [-0.25, -0.2) is 0 Å². The van der Waals surface area contributed by atoms with Gasteiger partial charge < -0.3 is 10.2 Å². The smallest absolute Gasteiger partial charge is 0.0116 e. The van der Waals surface area contributed by atoms with Gasteiger partial charge in [0.15, 0.2) is 0 Å². The van der Waals surface area contributed by atoms with Gasteiger partial charge in [-0.2, -0.15) is 11.8 Å². The van der Waals surface area contributed by atoms with Crippen molar-refractivity contribution in [3.8, 4) is 0 Å². The van der Waals surface area contributed by atoms with Crippen LogP contribution in [0.3, 0.4) is 0 Å². The number of hydrogen-bond acceptors (Lipinski definition) is 3. The summed E-state index contributed by atoms with van der Waals surface area (Å²) < 4.78 is 0.503. The number of nitrogens with zero attached hydrogens (tertiary/aromatic N) is 1. The van der Waals surface area contributed by atoms with Crippen LogP contribution in [0.4, 0.5) is 0 Å². The first-order chi connectivity index (χ1) is 8.66. The van der Waals surface area contributed by atoms with Gasteiger partial charge in [0.1, 0.15) is 0 Å². The summed E-state index contributed by atoms with van der Waals surface area (Å²) in [5.74, 6) is 1.32. The van der Waals surface area contributed by atoms with Crippen LogP contribution >= 0.6 is 11.8 Å². The molecule has 2 fully saturated rings. The second kappa shape index (κ2) is 7.16. The zero-order valence-electron chi connectivity index (χ0n) is 12.2. The van der Waals surface area contributed by atoms with E-state index in [1.54, 1.807) is 0 Å². The van der Waals surface area contributed by atoms with Crippen LogP contribution in [0.25, 0.3) is 0 Å². The van der Waals surface area contributed by atoms with E-state index in [2.05, 4.69) is 35.8 Å². The largest absolute Gasteiger partial charge is 0.314 e. The number of unbranched alkanes of at least 4 members (excludes halogenated alkanes) is 2. The Hall–Kier alpha value is 0.270. The summed E-state index contributed by atoms with van der Waals surface area (Å²) >= 11 is 2.15. The van der Waals surface area contributed by atoms with E-state index in [9.17, 15) is 0 Å². The van der Waals surface area contributed by atoms with Crippen LogP contribution in [0, 0.1) is 0 Å². The molecule has 0 spiro atoms. The summed E-state index contributed by atoms with van der Waals surface area (Å²) in [6.45, 7) is 9.96. The monoisotopic (exact) mass is 270 g/mol. The van der Waals surface area contributed by atoms with E-state index in [0.717, 1.165) is 6.04 Å². The Kier molecular flexibility index (Phi) is 5.84. The van der Waals surface area contributed by atoms with Crippen LogP contribution in [-0.4, -0.2) is 47.6 Å². The van der Waals surface area contributed by atoms with Gasteiger partial charge in [0.05, 0.1) is 0 Å². The Bertz CT molecular complexity index is 239. The molecule has 1 aliphatic heterocycles. The zero-order chi connectivity index (χ0) is 12.8. The first kappa shape index (κ1) is 14.7. The molecule has 0 atom stereocenters. The third-order valence-electron chi connectivity index (χ3n) is 4.09. The van der Waals surface area contributed by atoms with Gasteiger partial charge >= 0.3 is 0 Å². The van der Waals surface area contributed by atoms with Gasteiger partial charge in [-0.15, -0.1) is 0 Å². The Balaban J connectivity index is 1.47. The van der Waals surface area contributed by atoms with Gasteiger partial charge in [0.25, 0.3) is 0 Å². The van der Waals surface area contributed by atoms with Crippen molar-refractivity contribution < 1.29 is 0 Å². The minimum absolute atomic E-state index is 0.503. The molecule has 2 nitrogen and oxygen atoms in total. The minimum Gasteiger partial charge on any atom is -0.314 e. The summed E-state index contributed by atoms with van der Waals surface area (Å²) in [4.78, 5) is 2.68. The highest BCUT2D eigenvalue weighted by Crippen LogP contribution is 2.30. The molecule has 0 bridgehead atoms. The van der Waals surface area contributed by atoms with Crippen LogP contribution in [0.1, 0.15) is 52.4 Å². The molecule has 0 radical (unpaired) electrons. The summed E-state index contributed by atoms with van der Waals surface area (Å²) in [5, 5.41) is 3.60. The van der Waals surface area contributed by atoms with Crippen molar-refractivity contribution in [1.29, 1.82) is 0 Å². The maximum atomic E-state index is 3.60. The molecule has 1 heterocycles. The fourth-order valence-electron chi connectivity index (χ4n) is 2.52. The van der Waals surface area contributed by atoms with Crippen molar-refractivity contribution >= 4 is 11.8 Å². The lowest BCUT2D eigenvalue weighted by Crippen LogP contribution is -2.28. The van der Waals surface area contributed by atoms with Crippen molar-refractivity contribution in [1.82, 2.24) is 10.2 Å². The summed E-state index contributed by atoms with van der Waals surface area (Å²) in [6, 6.07) is 0.884. The maximum absolute atomic E-state index is 3.60. The van der Waals surface area contributed by atoms with Crippen molar-refractivity contribution in [3.63, 3.8) is 0 Å². The van der Waals surface area contributed by atoms with E-state index in [4.69, 9.17) is 0 Å². The summed E-state index contributed by atoms with van der Waals surface area (Å²) in [7, 11) is 0. The molecule has 1 saturated carbocycles. The van der Waals surface area contributed by atoms with Crippen LogP contribution < -0.4 is 5.32 Å². The molecular weight excluding hydrogens is 240 g/mol. The van der Waals surface area contributed by atoms with Crippen molar-refractivity contribution in [2.75, 3.05) is 31.9 Å². The molecule has 106 valence electrons. The molecule has 0 unspecified atom stereocenters. The lowest BCUT2D eigenvalue weighted by atomic mass is 10.1. The number of hydrogen-bond donors (Lipinski definition) is 1.